The first-order valence-electron chi connectivity index (χ1n) is 9.59. The number of rotatable bonds is 6. The monoisotopic (exact) mass is 417 g/mol. The van der Waals surface area contributed by atoms with Crippen molar-refractivity contribution in [3.05, 3.63) is 101 Å². The van der Waals surface area contributed by atoms with Crippen molar-refractivity contribution in [2.75, 3.05) is 5.32 Å². The van der Waals surface area contributed by atoms with Gasteiger partial charge in [-0.15, -0.1) is 0 Å². The van der Waals surface area contributed by atoms with Crippen molar-refractivity contribution in [2.45, 2.75) is 19.9 Å². The number of thiocarbonyl (C=S) groups is 1. The third-order valence-corrected chi connectivity index (χ3v) is 4.77. The SMILES string of the molecule is Cc1ccccc1CC(=O)NC(=S)Nc1ccc(C(=O)NCc2ccccc2)cc1. The van der Waals surface area contributed by atoms with E-state index < -0.39 is 0 Å². The zero-order valence-electron chi connectivity index (χ0n) is 16.6. The van der Waals surface area contributed by atoms with Crippen LogP contribution in [-0.4, -0.2) is 16.9 Å². The number of amides is 2. The number of hydrogen-bond donors (Lipinski definition) is 3. The molecule has 3 aromatic carbocycles. The van der Waals surface area contributed by atoms with Crippen molar-refractivity contribution < 1.29 is 9.59 Å². The molecule has 6 heteroatoms. The second kappa shape index (κ2) is 10.3. The van der Waals surface area contributed by atoms with Crippen LogP contribution in [0.3, 0.4) is 0 Å². The fourth-order valence-electron chi connectivity index (χ4n) is 2.90. The minimum Gasteiger partial charge on any atom is -0.348 e. The molecule has 152 valence electrons. The molecule has 0 spiro atoms. The summed E-state index contributed by atoms with van der Waals surface area (Å²) >= 11 is 5.22. The van der Waals surface area contributed by atoms with Gasteiger partial charge in [0.05, 0.1) is 6.42 Å². The van der Waals surface area contributed by atoms with Gasteiger partial charge < -0.3 is 16.0 Å². The summed E-state index contributed by atoms with van der Waals surface area (Å²) in [5, 5.41) is 8.75. The van der Waals surface area contributed by atoms with E-state index in [1.807, 2.05) is 61.5 Å². The van der Waals surface area contributed by atoms with Crippen LogP contribution in [0.25, 0.3) is 0 Å². The molecule has 0 radical (unpaired) electrons. The van der Waals surface area contributed by atoms with Crippen LogP contribution in [0.15, 0.2) is 78.9 Å². The second-order valence-corrected chi connectivity index (χ2v) is 7.26. The normalized spacial score (nSPS) is 10.2. The fraction of sp³-hybridized carbons (Fsp3) is 0.125. The molecule has 0 saturated heterocycles. The molecule has 0 aliphatic heterocycles. The lowest BCUT2D eigenvalue weighted by molar-refractivity contribution is -0.119. The van der Waals surface area contributed by atoms with Crippen LogP contribution in [0.1, 0.15) is 27.0 Å². The Morgan fingerprint density at radius 3 is 2.23 bits per heavy atom. The molecule has 0 heterocycles. The molecule has 0 fully saturated rings. The lowest BCUT2D eigenvalue weighted by Crippen LogP contribution is -2.35. The molecule has 0 unspecified atom stereocenters. The zero-order chi connectivity index (χ0) is 21.3. The van der Waals surface area contributed by atoms with Crippen molar-refractivity contribution in [1.29, 1.82) is 0 Å². The minimum atomic E-state index is -0.182. The summed E-state index contributed by atoms with van der Waals surface area (Å²) < 4.78 is 0. The van der Waals surface area contributed by atoms with Gasteiger partial charge in [-0.1, -0.05) is 54.6 Å². The Morgan fingerprint density at radius 1 is 0.867 bits per heavy atom. The fourth-order valence-corrected chi connectivity index (χ4v) is 3.13. The van der Waals surface area contributed by atoms with Crippen LogP contribution < -0.4 is 16.0 Å². The molecule has 2 amide bonds. The number of carbonyl (C=O) groups excluding carboxylic acids is 2. The van der Waals surface area contributed by atoms with Gasteiger partial charge in [-0.25, -0.2) is 0 Å². The molecule has 3 aromatic rings. The molecule has 0 aromatic heterocycles. The highest BCUT2D eigenvalue weighted by molar-refractivity contribution is 7.80. The molecule has 30 heavy (non-hydrogen) atoms. The summed E-state index contributed by atoms with van der Waals surface area (Å²) in [4.78, 5) is 24.5. The van der Waals surface area contributed by atoms with Crippen molar-refractivity contribution in [1.82, 2.24) is 10.6 Å². The maximum Gasteiger partial charge on any atom is 0.251 e. The number of carbonyl (C=O) groups is 2. The highest BCUT2D eigenvalue weighted by Crippen LogP contribution is 2.11. The molecule has 3 rings (SSSR count). The topological polar surface area (TPSA) is 70.2 Å². The smallest absolute Gasteiger partial charge is 0.251 e. The highest BCUT2D eigenvalue weighted by Gasteiger charge is 2.09. The Bertz CT molecular complexity index is 1030. The van der Waals surface area contributed by atoms with Crippen molar-refractivity contribution in [3.8, 4) is 0 Å². The van der Waals surface area contributed by atoms with Crippen molar-refractivity contribution >= 4 is 34.8 Å². The summed E-state index contributed by atoms with van der Waals surface area (Å²) in [5.41, 5.74) is 4.30. The summed E-state index contributed by atoms with van der Waals surface area (Å²) in [6.07, 6.45) is 0.259. The molecule has 0 aliphatic rings. The lowest BCUT2D eigenvalue weighted by atomic mass is 10.1. The quantitative estimate of drug-likeness (QED) is 0.531. The number of anilines is 1. The maximum absolute atomic E-state index is 12.3. The van der Waals surface area contributed by atoms with Crippen LogP contribution in [0, 0.1) is 6.92 Å². The maximum atomic E-state index is 12.3. The van der Waals surface area contributed by atoms with Crippen LogP contribution in [-0.2, 0) is 17.8 Å². The van der Waals surface area contributed by atoms with Gasteiger partial charge in [0.25, 0.3) is 5.91 Å². The van der Waals surface area contributed by atoms with Gasteiger partial charge in [-0.3, -0.25) is 9.59 Å². The van der Waals surface area contributed by atoms with E-state index in [4.69, 9.17) is 12.2 Å². The summed E-state index contributed by atoms with van der Waals surface area (Å²) in [6, 6.07) is 24.4. The summed E-state index contributed by atoms with van der Waals surface area (Å²) in [7, 11) is 0. The van der Waals surface area contributed by atoms with E-state index in [-0.39, 0.29) is 23.3 Å². The third kappa shape index (κ3) is 6.25. The Hall–Kier alpha value is -3.51. The summed E-state index contributed by atoms with van der Waals surface area (Å²) in [5.74, 6) is -0.335. The molecule has 3 N–H and O–H groups in total. The molecular formula is C24H23N3O2S. The number of aryl methyl sites for hydroxylation is 1. The molecule has 0 saturated carbocycles. The Morgan fingerprint density at radius 2 is 1.53 bits per heavy atom. The predicted molar refractivity (Wildman–Crippen MR) is 123 cm³/mol. The zero-order valence-corrected chi connectivity index (χ0v) is 17.5. The number of nitrogens with one attached hydrogen (secondary N) is 3. The van der Waals surface area contributed by atoms with E-state index in [2.05, 4.69) is 16.0 Å². The molecule has 5 nitrogen and oxygen atoms in total. The van der Waals surface area contributed by atoms with E-state index in [0.29, 0.717) is 17.8 Å². The van der Waals surface area contributed by atoms with Gasteiger partial charge >= 0.3 is 0 Å². The molecule has 0 bridgehead atoms. The molecular weight excluding hydrogens is 394 g/mol. The third-order valence-electron chi connectivity index (χ3n) is 4.57. The predicted octanol–water partition coefficient (Wildman–Crippen LogP) is 3.98. The standard InChI is InChI=1S/C24H23N3O2S/c1-17-7-5-6-10-20(17)15-22(28)27-24(30)26-21-13-11-19(12-14-21)23(29)25-16-18-8-3-2-4-9-18/h2-14H,15-16H2,1H3,(H,25,29)(H2,26,27,28,30). The molecule has 0 atom stereocenters. The van der Waals surface area contributed by atoms with Crippen LogP contribution >= 0.6 is 12.2 Å². The van der Waals surface area contributed by atoms with Gasteiger partial charge in [-0.05, 0) is 60.1 Å². The first kappa shape index (κ1) is 21.2. The van der Waals surface area contributed by atoms with Gasteiger partial charge in [0.15, 0.2) is 5.11 Å². The van der Waals surface area contributed by atoms with Gasteiger partial charge in [0.1, 0.15) is 0 Å². The van der Waals surface area contributed by atoms with Gasteiger partial charge in [0, 0.05) is 17.8 Å². The van der Waals surface area contributed by atoms with Crippen molar-refractivity contribution in [3.63, 3.8) is 0 Å². The van der Waals surface area contributed by atoms with E-state index in [1.54, 1.807) is 24.3 Å². The average molecular weight is 418 g/mol. The van der Waals surface area contributed by atoms with Crippen molar-refractivity contribution in [2.24, 2.45) is 0 Å². The summed E-state index contributed by atoms with van der Waals surface area (Å²) in [6.45, 7) is 2.44. The first-order chi connectivity index (χ1) is 14.5. The first-order valence-corrected chi connectivity index (χ1v) is 9.99. The molecule has 0 aliphatic carbocycles. The Balaban J connectivity index is 1.48. The Labute approximate surface area is 181 Å². The van der Waals surface area contributed by atoms with Crippen LogP contribution in [0.4, 0.5) is 5.69 Å². The highest BCUT2D eigenvalue weighted by atomic mass is 32.1. The van der Waals surface area contributed by atoms with E-state index in [9.17, 15) is 9.59 Å². The largest absolute Gasteiger partial charge is 0.348 e. The number of benzene rings is 3. The average Bonchev–Trinajstić information content (AvgIpc) is 2.75. The number of hydrogen-bond acceptors (Lipinski definition) is 3. The van der Waals surface area contributed by atoms with Gasteiger partial charge in [0.2, 0.25) is 5.91 Å². The van der Waals surface area contributed by atoms with E-state index in [0.717, 1.165) is 16.7 Å². The Kier molecular flexibility index (Phi) is 7.29. The van der Waals surface area contributed by atoms with Gasteiger partial charge in [-0.2, -0.15) is 0 Å². The van der Waals surface area contributed by atoms with E-state index >= 15 is 0 Å². The van der Waals surface area contributed by atoms with Crippen LogP contribution in [0.2, 0.25) is 0 Å². The second-order valence-electron chi connectivity index (χ2n) is 6.85. The van der Waals surface area contributed by atoms with Crippen LogP contribution in [0.5, 0.6) is 0 Å². The van der Waals surface area contributed by atoms with E-state index in [1.165, 1.54) is 0 Å². The lowest BCUT2D eigenvalue weighted by Gasteiger charge is -2.11. The minimum absolute atomic E-state index is 0.153.